The average molecular weight is 351 g/mol. The van der Waals surface area contributed by atoms with Crippen LogP contribution in [0.15, 0.2) is 36.5 Å². The molecular formula is C22H38O3. The lowest BCUT2D eigenvalue weighted by molar-refractivity contribution is -0.168. The Balaban J connectivity index is 3.37. The predicted molar refractivity (Wildman–Crippen MR) is 106 cm³/mol. The molecule has 0 heterocycles. The van der Waals surface area contributed by atoms with Crippen molar-refractivity contribution in [2.75, 3.05) is 0 Å². The van der Waals surface area contributed by atoms with Crippen molar-refractivity contribution in [2.45, 2.75) is 97.2 Å². The maximum atomic E-state index is 11.5. The van der Waals surface area contributed by atoms with Crippen LogP contribution >= 0.6 is 0 Å². The van der Waals surface area contributed by atoms with Crippen molar-refractivity contribution in [3.63, 3.8) is 0 Å². The van der Waals surface area contributed by atoms with E-state index in [-0.39, 0.29) is 5.97 Å². The van der Waals surface area contributed by atoms with Crippen LogP contribution in [-0.4, -0.2) is 17.4 Å². The van der Waals surface area contributed by atoms with E-state index in [2.05, 4.69) is 43.4 Å². The minimum atomic E-state index is -0.924. The molecule has 0 rings (SSSR count). The Kier molecular flexibility index (Phi) is 18.0. The summed E-state index contributed by atoms with van der Waals surface area (Å²) in [5.74, 6) is -0.276. The fraction of sp³-hybridized carbons (Fsp3) is 0.682. The summed E-state index contributed by atoms with van der Waals surface area (Å²) in [4.78, 5) is 11.5. The number of hydrogen-bond donors (Lipinski definition) is 1. The molecule has 0 aromatic carbocycles. The van der Waals surface area contributed by atoms with Crippen molar-refractivity contribution in [1.82, 2.24) is 0 Å². The lowest BCUT2D eigenvalue weighted by Crippen LogP contribution is -2.16. The third-order valence-corrected chi connectivity index (χ3v) is 3.83. The van der Waals surface area contributed by atoms with Crippen molar-refractivity contribution in [2.24, 2.45) is 0 Å². The van der Waals surface area contributed by atoms with Crippen molar-refractivity contribution < 1.29 is 14.6 Å². The summed E-state index contributed by atoms with van der Waals surface area (Å²) in [5, 5.41) is 9.39. The van der Waals surface area contributed by atoms with Gasteiger partial charge in [0.05, 0.1) is 0 Å². The SMILES string of the molecule is CC/C=C\C/C=C\C/C=C\CCCCCCCC(=O)OC(O)CCC. The molecule has 3 heteroatoms. The highest BCUT2D eigenvalue weighted by Crippen LogP contribution is 2.09. The summed E-state index contributed by atoms with van der Waals surface area (Å²) in [7, 11) is 0. The summed E-state index contributed by atoms with van der Waals surface area (Å²) in [6.45, 7) is 4.10. The van der Waals surface area contributed by atoms with Gasteiger partial charge in [0.15, 0.2) is 0 Å². The molecule has 0 saturated heterocycles. The molecule has 1 unspecified atom stereocenters. The van der Waals surface area contributed by atoms with Gasteiger partial charge in [-0.2, -0.15) is 0 Å². The molecule has 25 heavy (non-hydrogen) atoms. The van der Waals surface area contributed by atoms with Gasteiger partial charge in [-0.3, -0.25) is 4.79 Å². The van der Waals surface area contributed by atoms with E-state index in [1.54, 1.807) is 0 Å². The fourth-order valence-electron chi connectivity index (χ4n) is 2.40. The molecule has 1 atom stereocenters. The van der Waals surface area contributed by atoms with Crippen LogP contribution in [0.1, 0.15) is 90.9 Å². The number of aliphatic hydroxyl groups is 1. The lowest BCUT2D eigenvalue weighted by atomic mass is 10.1. The number of aliphatic hydroxyl groups excluding tert-OH is 1. The molecule has 1 N–H and O–H groups in total. The topological polar surface area (TPSA) is 46.5 Å². The van der Waals surface area contributed by atoms with Crippen molar-refractivity contribution >= 4 is 5.97 Å². The molecule has 0 aliphatic rings. The highest BCUT2D eigenvalue weighted by Gasteiger charge is 2.09. The molecule has 0 aromatic heterocycles. The normalized spacial score (nSPS) is 13.2. The molecule has 0 saturated carbocycles. The second kappa shape index (κ2) is 19.0. The molecule has 0 spiro atoms. The van der Waals surface area contributed by atoms with E-state index >= 15 is 0 Å². The van der Waals surface area contributed by atoms with Crippen LogP contribution in [0.4, 0.5) is 0 Å². The summed E-state index contributed by atoms with van der Waals surface area (Å²) in [6, 6.07) is 0. The van der Waals surface area contributed by atoms with Crippen LogP contribution in [0, 0.1) is 0 Å². The van der Waals surface area contributed by atoms with Gasteiger partial charge in [0.1, 0.15) is 0 Å². The molecule has 0 bridgehead atoms. The van der Waals surface area contributed by atoms with Gasteiger partial charge < -0.3 is 9.84 Å². The zero-order valence-electron chi connectivity index (χ0n) is 16.3. The van der Waals surface area contributed by atoms with Gasteiger partial charge >= 0.3 is 5.97 Å². The number of allylic oxidation sites excluding steroid dienone is 6. The number of ether oxygens (including phenoxy) is 1. The van der Waals surface area contributed by atoms with E-state index in [1.165, 1.54) is 12.8 Å². The number of unbranched alkanes of at least 4 members (excludes halogenated alkanes) is 5. The van der Waals surface area contributed by atoms with Crippen LogP contribution in [0.3, 0.4) is 0 Å². The Morgan fingerprint density at radius 3 is 2.16 bits per heavy atom. The number of carbonyl (C=O) groups is 1. The van der Waals surface area contributed by atoms with Gasteiger partial charge in [-0.1, -0.05) is 76.0 Å². The molecule has 0 aliphatic heterocycles. The number of hydrogen-bond acceptors (Lipinski definition) is 3. The molecule has 0 aliphatic carbocycles. The first-order valence-corrected chi connectivity index (χ1v) is 10.0. The van der Waals surface area contributed by atoms with Crippen LogP contribution in [0.5, 0.6) is 0 Å². The number of carbonyl (C=O) groups excluding carboxylic acids is 1. The fourth-order valence-corrected chi connectivity index (χ4v) is 2.40. The Morgan fingerprint density at radius 2 is 1.48 bits per heavy atom. The quantitative estimate of drug-likeness (QED) is 0.155. The summed E-state index contributed by atoms with van der Waals surface area (Å²) in [6.07, 6.45) is 23.9. The molecule has 3 nitrogen and oxygen atoms in total. The molecule has 0 aromatic rings. The monoisotopic (exact) mass is 350 g/mol. The Morgan fingerprint density at radius 1 is 0.880 bits per heavy atom. The maximum absolute atomic E-state index is 11.5. The first-order valence-electron chi connectivity index (χ1n) is 10.0. The summed E-state index contributed by atoms with van der Waals surface area (Å²) >= 11 is 0. The average Bonchev–Trinajstić information content (AvgIpc) is 2.58. The standard InChI is InChI=1S/C22H38O3/c1-3-5-6-7-8-9-10-11-12-13-14-15-16-17-18-20-22(24)25-21(23)19-4-2/h5-6,8-9,11-12,21,23H,3-4,7,10,13-20H2,1-2H3/b6-5-,9-8-,12-11-. The second-order valence-electron chi connectivity index (χ2n) is 6.33. The van der Waals surface area contributed by atoms with Crippen molar-refractivity contribution in [3.8, 4) is 0 Å². The molecule has 0 radical (unpaired) electrons. The molecule has 144 valence electrons. The Bertz CT molecular complexity index is 383. The minimum Gasteiger partial charge on any atom is -0.436 e. The van der Waals surface area contributed by atoms with Gasteiger partial charge in [-0.15, -0.1) is 0 Å². The lowest BCUT2D eigenvalue weighted by Gasteiger charge is -2.10. The van der Waals surface area contributed by atoms with E-state index in [4.69, 9.17) is 4.74 Å². The van der Waals surface area contributed by atoms with Crippen molar-refractivity contribution in [3.05, 3.63) is 36.5 Å². The van der Waals surface area contributed by atoms with E-state index in [0.717, 1.165) is 51.4 Å². The third-order valence-electron chi connectivity index (χ3n) is 3.83. The van der Waals surface area contributed by atoms with Gasteiger partial charge in [-0.25, -0.2) is 0 Å². The third kappa shape index (κ3) is 18.8. The molecule has 0 amide bonds. The highest BCUT2D eigenvalue weighted by molar-refractivity contribution is 5.69. The zero-order valence-corrected chi connectivity index (χ0v) is 16.3. The minimum absolute atomic E-state index is 0.276. The number of esters is 1. The van der Waals surface area contributed by atoms with Gasteiger partial charge in [0.2, 0.25) is 6.29 Å². The van der Waals surface area contributed by atoms with E-state index in [1.807, 2.05) is 6.92 Å². The van der Waals surface area contributed by atoms with Crippen LogP contribution < -0.4 is 0 Å². The summed E-state index contributed by atoms with van der Waals surface area (Å²) in [5.41, 5.74) is 0. The van der Waals surface area contributed by atoms with Gasteiger partial charge in [0.25, 0.3) is 0 Å². The van der Waals surface area contributed by atoms with E-state index < -0.39 is 6.29 Å². The van der Waals surface area contributed by atoms with Crippen LogP contribution in [0.2, 0.25) is 0 Å². The maximum Gasteiger partial charge on any atom is 0.308 e. The first-order chi connectivity index (χ1) is 12.2. The smallest absolute Gasteiger partial charge is 0.308 e. The van der Waals surface area contributed by atoms with Crippen LogP contribution in [0.25, 0.3) is 0 Å². The molecule has 0 fully saturated rings. The highest BCUT2D eigenvalue weighted by atomic mass is 16.6. The van der Waals surface area contributed by atoms with Gasteiger partial charge in [0, 0.05) is 12.8 Å². The first kappa shape index (κ1) is 23.6. The largest absolute Gasteiger partial charge is 0.436 e. The Hall–Kier alpha value is -1.35. The second-order valence-corrected chi connectivity index (χ2v) is 6.33. The zero-order chi connectivity index (χ0) is 18.6. The van der Waals surface area contributed by atoms with Crippen LogP contribution in [-0.2, 0) is 9.53 Å². The van der Waals surface area contributed by atoms with E-state index in [0.29, 0.717) is 12.8 Å². The van der Waals surface area contributed by atoms with E-state index in [9.17, 15) is 9.90 Å². The Labute approximate surface area is 154 Å². The predicted octanol–water partition coefficient (Wildman–Crippen LogP) is 6.24. The summed E-state index contributed by atoms with van der Waals surface area (Å²) < 4.78 is 4.91. The molecular weight excluding hydrogens is 312 g/mol. The number of rotatable bonds is 16. The van der Waals surface area contributed by atoms with Gasteiger partial charge in [-0.05, 0) is 38.5 Å². The van der Waals surface area contributed by atoms with Crippen molar-refractivity contribution in [1.29, 1.82) is 0 Å².